The quantitative estimate of drug-likeness (QED) is 0.139. The van der Waals surface area contributed by atoms with Crippen LogP contribution in [0.25, 0.3) is 0 Å². The number of ether oxygens (including phenoxy) is 3. The molecule has 0 aliphatic rings. The molecular weight excluding hydrogens is 478 g/mol. The molecule has 0 unspecified atom stereocenters. The van der Waals surface area contributed by atoms with Crippen LogP contribution in [-0.4, -0.2) is 36.2 Å². The minimum absolute atomic E-state index is 0.130. The second-order valence-corrected chi connectivity index (χ2v) is 8.07. The van der Waals surface area contributed by atoms with E-state index >= 15 is 0 Å². The first-order valence-electron chi connectivity index (χ1n) is 11.4. The number of rotatable bonds is 10. The first kappa shape index (κ1) is 26.9. The van der Waals surface area contributed by atoms with Gasteiger partial charge in [-0.1, -0.05) is 12.1 Å². The summed E-state index contributed by atoms with van der Waals surface area (Å²) in [6.07, 6.45) is 1.42. The van der Waals surface area contributed by atoms with Crippen molar-refractivity contribution in [2.24, 2.45) is 5.10 Å². The molecule has 37 heavy (non-hydrogen) atoms. The molecule has 0 heterocycles. The van der Waals surface area contributed by atoms with Gasteiger partial charge in [-0.2, -0.15) is 5.10 Å². The third kappa shape index (κ3) is 7.14. The zero-order valence-electron chi connectivity index (χ0n) is 20.9. The highest BCUT2D eigenvalue weighted by Gasteiger charge is 2.15. The summed E-state index contributed by atoms with van der Waals surface area (Å²) in [5, 5.41) is 14.7. The van der Waals surface area contributed by atoms with Crippen molar-refractivity contribution in [2.45, 2.75) is 27.7 Å². The number of hydrazone groups is 1. The molecule has 0 aliphatic carbocycles. The number of esters is 1. The van der Waals surface area contributed by atoms with Crippen molar-refractivity contribution in [2.75, 3.05) is 13.2 Å². The number of nitrogens with zero attached hydrogens (tertiary/aromatic N) is 2. The van der Waals surface area contributed by atoms with E-state index in [0.717, 1.165) is 16.7 Å². The molecule has 10 nitrogen and oxygen atoms in total. The molecule has 0 aliphatic heterocycles. The molecule has 0 fully saturated rings. The van der Waals surface area contributed by atoms with Gasteiger partial charge < -0.3 is 14.2 Å². The Bertz CT molecular complexity index is 1330. The van der Waals surface area contributed by atoms with Gasteiger partial charge >= 0.3 is 5.97 Å². The molecule has 3 aromatic rings. The van der Waals surface area contributed by atoms with Crippen LogP contribution >= 0.6 is 0 Å². The minimum atomic E-state index is -0.691. The van der Waals surface area contributed by atoms with Gasteiger partial charge in [-0.05, 0) is 80.3 Å². The van der Waals surface area contributed by atoms with E-state index in [1.807, 2.05) is 32.9 Å². The maximum Gasteiger partial charge on any atom is 0.343 e. The largest absolute Gasteiger partial charge is 0.490 e. The van der Waals surface area contributed by atoms with Gasteiger partial charge in [0.25, 0.3) is 11.6 Å². The molecule has 0 spiro atoms. The van der Waals surface area contributed by atoms with Crippen molar-refractivity contribution in [3.05, 3.63) is 92.5 Å². The van der Waals surface area contributed by atoms with Crippen LogP contribution in [0.3, 0.4) is 0 Å². The van der Waals surface area contributed by atoms with Gasteiger partial charge in [-0.3, -0.25) is 14.9 Å². The molecule has 0 bridgehead atoms. The van der Waals surface area contributed by atoms with Crippen LogP contribution in [0.15, 0.2) is 59.7 Å². The maximum atomic E-state index is 12.5. The van der Waals surface area contributed by atoms with Gasteiger partial charge in [0.1, 0.15) is 5.75 Å². The Morgan fingerprint density at radius 3 is 2.35 bits per heavy atom. The highest BCUT2D eigenvalue weighted by atomic mass is 16.6. The van der Waals surface area contributed by atoms with Crippen molar-refractivity contribution in [3.63, 3.8) is 0 Å². The topological polar surface area (TPSA) is 129 Å². The number of benzene rings is 3. The van der Waals surface area contributed by atoms with Crippen molar-refractivity contribution in [3.8, 4) is 17.2 Å². The fourth-order valence-electron chi connectivity index (χ4n) is 3.33. The van der Waals surface area contributed by atoms with E-state index in [1.165, 1.54) is 36.5 Å². The van der Waals surface area contributed by atoms with Crippen LogP contribution in [0.4, 0.5) is 5.69 Å². The van der Waals surface area contributed by atoms with Gasteiger partial charge in [0.15, 0.2) is 18.1 Å². The lowest BCUT2D eigenvalue weighted by Crippen LogP contribution is -2.25. The van der Waals surface area contributed by atoms with E-state index in [0.29, 0.717) is 23.7 Å². The molecule has 192 valence electrons. The second-order valence-electron chi connectivity index (χ2n) is 8.07. The third-order valence-electron chi connectivity index (χ3n) is 5.41. The average molecular weight is 506 g/mol. The molecule has 0 atom stereocenters. The van der Waals surface area contributed by atoms with Crippen molar-refractivity contribution in [1.82, 2.24) is 5.43 Å². The standard InChI is InChI=1S/C27H27N3O7/c1-5-35-24-14-20(8-13-23(24)37-27(32)21-9-11-22(12-10-21)30(33)34)15-28-29-25(31)16-36-26-18(3)7-6-17(2)19(26)4/h6-15H,5,16H2,1-4H3,(H,29,31). The van der Waals surface area contributed by atoms with E-state index < -0.39 is 16.8 Å². The Morgan fingerprint density at radius 2 is 1.68 bits per heavy atom. The maximum absolute atomic E-state index is 12.5. The summed E-state index contributed by atoms with van der Waals surface area (Å²) in [5.41, 5.74) is 6.03. The molecule has 0 radical (unpaired) electrons. The molecule has 3 rings (SSSR count). The van der Waals surface area contributed by atoms with E-state index in [2.05, 4.69) is 10.5 Å². The van der Waals surface area contributed by atoms with Gasteiger partial charge in [0, 0.05) is 12.1 Å². The highest BCUT2D eigenvalue weighted by Crippen LogP contribution is 2.29. The molecule has 0 saturated heterocycles. The van der Waals surface area contributed by atoms with Crippen molar-refractivity contribution in [1.29, 1.82) is 0 Å². The van der Waals surface area contributed by atoms with E-state index in [9.17, 15) is 19.7 Å². The first-order chi connectivity index (χ1) is 17.7. The van der Waals surface area contributed by atoms with Crippen LogP contribution in [-0.2, 0) is 4.79 Å². The second kappa shape index (κ2) is 12.3. The van der Waals surface area contributed by atoms with Gasteiger partial charge in [0.2, 0.25) is 0 Å². The van der Waals surface area contributed by atoms with Crippen molar-refractivity contribution < 1.29 is 28.7 Å². The molecular formula is C27H27N3O7. The Hall–Kier alpha value is -4.73. The van der Waals surface area contributed by atoms with Crippen LogP contribution in [0.1, 0.15) is 39.5 Å². The lowest BCUT2D eigenvalue weighted by Gasteiger charge is -2.13. The molecule has 1 N–H and O–H groups in total. The van der Waals surface area contributed by atoms with Crippen LogP contribution in [0, 0.1) is 30.9 Å². The number of nitrogens with one attached hydrogen (secondary N) is 1. The SMILES string of the molecule is CCOc1cc(C=NNC(=O)COc2c(C)ccc(C)c2C)ccc1OC(=O)c1ccc([N+](=O)[O-])cc1. The Morgan fingerprint density at radius 1 is 0.973 bits per heavy atom. The number of amides is 1. The summed E-state index contributed by atoms with van der Waals surface area (Å²) in [6.45, 7) is 7.74. The summed E-state index contributed by atoms with van der Waals surface area (Å²) in [4.78, 5) is 34.9. The first-order valence-corrected chi connectivity index (χ1v) is 11.4. The predicted octanol–water partition coefficient (Wildman–Crippen LogP) is 4.67. The Balaban J connectivity index is 1.62. The molecule has 10 heteroatoms. The van der Waals surface area contributed by atoms with E-state index in [1.54, 1.807) is 19.1 Å². The van der Waals surface area contributed by atoms with E-state index in [-0.39, 0.29) is 23.6 Å². The Kier molecular flexibility index (Phi) is 8.93. The average Bonchev–Trinajstić information content (AvgIpc) is 2.88. The summed E-state index contributed by atoms with van der Waals surface area (Å²) in [7, 11) is 0. The molecule has 3 aromatic carbocycles. The number of aryl methyl sites for hydroxylation is 2. The molecule has 0 saturated carbocycles. The van der Waals surface area contributed by atoms with Crippen LogP contribution in [0.5, 0.6) is 17.2 Å². The number of hydrogen-bond acceptors (Lipinski definition) is 8. The van der Waals surface area contributed by atoms with E-state index in [4.69, 9.17) is 14.2 Å². The Labute approximate surface area is 214 Å². The van der Waals surface area contributed by atoms with Gasteiger partial charge in [-0.15, -0.1) is 0 Å². The predicted molar refractivity (Wildman–Crippen MR) is 138 cm³/mol. The number of carbonyl (C=O) groups is 2. The summed E-state index contributed by atoms with van der Waals surface area (Å²) in [6, 6.07) is 13.8. The zero-order valence-corrected chi connectivity index (χ0v) is 20.9. The summed E-state index contributed by atoms with van der Waals surface area (Å²) in [5.74, 6) is 0.0312. The fourth-order valence-corrected chi connectivity index (χ4v) is 3.33. The van der Waals surface area contributed by atoms with Crippen LogP contribution in [0.2, 0.25) is 0 Å². The number of nitro groups is 1. The summed E-state index contributed by atoms with van der Waals surface area (Å²) < 4.78 is 16.7. The van der Waals surface area contributed by atoms with Gasteiger partial charge in [-0.25, -0.2) is 10.2 Å². The normalized spacial score (nSPS) is 10.7. The highest BCUT2D eigenvalue weighted by molar-refractivity contribution is 5.92. The zero-order chi connectivity index (χ0) is 26.9. The van der Waals surface area contributed by atoms with Crippen molar-refractivity contribution >= 4 is 23.8 Å². The molecule has 0 aromatic heterocycles. The number of hydrogen-bond donors (Lipinski definition) is 1. The minimum Gasteiger partial charge on any atom is -0.490 e. The lowest BCUT2D eigenvalue weighted by molar-refractivity contribution is -0.384. The summed E-state index contributed by atoms with van der Waals surface area (Å²) >= 11 is 0. The fraction of sp³-hybridized carbons (Fsp3) is 0.222. The monoisotopic (exact) mass is 505 g/mol. The number of carbonyl (C=O) groups excluding carboxylic acids is 2. The van der Waals surface area contributed by atoms with Crippen LogP contribution < -0.4 is 19.6 Å². The number of nitro benzene ring substituents is 1. The third-order valence-corrected chi connectivity index (χ3v) is 5.41. The lowest BCUT2D eigenvalue weighted by atomic mass is 10.1. The number of non-ortho nitro benzene ring substituents is 1. The molecule has 1 amide bonds. The van der Waals surface area contributed by atoms with Gasteiger partial charge in [0.05, 0.1) is 23.3 Å². The smallest absolute Gasteiger partial charge is 0.343 e.